The summed E-state index contributed by atoms with van der Waals surface area (Å²) < 4.78 is 18.5. The molecule has 82 valence electrons. The first-order valence-electron chi connectivity index (χ1n) is 4.73. The molecular weight excluding hydrogens is 215 g/mol. The van der Waals surface area contributed by atoms with Crippen molar-refractivity contribution < 1.29 is 13.9 Å². The number of thioether (sulfide) groups is 1. The molecule has 0 spiro atoms. The van der Waals surface area contributed by atoms with E-state index in [1.807, 2.05) is 6.92 Å². The molecule has 0 amide bonds. The van der Waals surface area contributed by atoms with Crippen LogP contribution in [-0.4, -0.2) is 24.4 Å². The summed E-state index contributed by atoms with van der Waals surface area (Å²) in [7, 11) is 0. The van der Waals surface area contributed by atoms with Crippen molar-refractivity contribution in [3.63, 3.8) is 0 Å². The van der Waals surface area contributed by atoms with Crippen LogP contribution in [0.2, 0.25) is 0 Å². The standard InChI is InChI=1S/C11H13FO2S/c1-2-15-7-6-14-11-9(8-13)4-3-5-10(11)12/h3-5,8H,2,6-7H2,1H3. The average Bonchev–Trinajstić information content (AvgIpc) is 2.26. The third-order valence-corrected chi connectivity index (χ3v) is 2.67. The van der Waals surface area contributed by atoms with Gasteiger partial charge in [0.05, 0.1) is 12.2 Å². The summed E-state index contributed by atoms with van der Waals surface area (Å²) >= 11 is 1.71. The van der Waals surface area contributed by atoms with E-state index in [0.717, 1.165) is 11.5 Å². The maximum absolute atomic E-state index is 13.3. The molecule has 0 aliphatic rings. The molecule has 1 aromatic rings. The first kappa shape index (κ1) is 12.0. The number of ether oxygens (including phenoxy) is 1. The molecule has 4 heteroatoms. The number of para-hydroxylation sites is 1. The van der Waals surface area contributed by atoms with E-state index in [0.29, 0.717) is 12.9 Å². The fourth-order valence-corrected chi connectivity index (χ4v) is 1.61. The summed E-state index contributed by atoms with van der Waals surface area (Å²) in [5, 5.41) is 0. The highest BCUT2D eigenvalue weighted by Crippen LogP contribution is 2.21. The van der Waals surface area contributed by atoms with E-state index in [4.69, 9.17) is 4.74 Å². The minimum atomic E-state index is -0.485. The Hall–Kier alpha value is -1.03. The average molecular weight is 228 g/mol. The van der Waals surface area contributed by atoms with E-state index in [1.165, 1.54) is 12.1 Å². The number of rotatable bonds is 6. The maximum atomic E-state index is 13.3. The number of hydrogen-bond acceptors (Lipinski definition) is 3. The Bertz CT molecular complexity index is 328. The van der Waals surface area contributed by atoms with Crippen LogP contribution in [0.25, 0.3) is 0 Å². The van der Waals surface area contributed by atoms with Gasteiger partial charge in [0.25, 0.3) is 0 Å². The molecule has 0 aliphatic carbocycles. The summed E-state index contributed by atoms with van der Waals surface area (Å²) in [6.07, 6.45) is 0.603. The van der Waals surface area contributed by atoms with Crippen LogP contribution in [0.15, 0.2) is 18.2 Å². The Labute approximate surface area is 92.8 Å². The van der Waals surface area contributed by atoms with Crippen LogP contribution < -0.4 is 4.74 Å². The van der Waals surface area contributed by atoms with Gasteiger partial charge in [-0.2, -0.15) is 11.8 Å². The smallest absolute Gasteiger partial charge is 0.165 e. The van der Waals surface area contributed by atoms with Gasteiger partial charge in [-0.1, -0.05) is 13.0 Å². The highest BCUT2D eigenvalue weighted by Gasteiger charge is 2.08. The van der Waals surface area contributed by atoms with Gasteiger partial charge in [0, 0.05) is 5.75 Å². The van der Waals surface area contributed by atoms with Crippen molar-refractivity contribution >= 4 is 18.0 Å². The number of carbonyl (C=O) groups excluding carboxylic acids is 1. The molecule has 2 nitrogen and oxygen atoms in total. The first-order valence-corrected chi connectivity index (χ1v) is 5.89. The lowest BCUT2D eigenvalue weighted by Crippen LogP contribution is -2.04. The molecule has 0 N–H and O–H groups in total. The molecule has 0 bridgehead atoms. The largest absolute Gasteiger partial charge is 0.489 e. The van der Waals surface area contributed by atoms with Crippen LogP contribution in [0, 0.1) is 5.82 Å². The van der Waals surface area contributed by atoms with Gasteiger partial charge in [-0.05, 0) is 17.9 Å². The number of benzene rings is 1. The summed E-state index contributed by atoms with van der Waals surface area (Å²) in [5.74, 6) is 1.37. The Morgan fingerprint density at radius 2 is 2.33 bits per heavy atom. The fraction of sp³-hybridized carbons (Fsp3) is 0.364. The Kier molecular flexibility index (Phi) is 5.18. The quantitative estimate of drug-likeness (QED) is 0.553. The topological polar surface area (TPSA) is 26.3 Å². The van der Waals surface area contributed by atoms with Crippen LogP contribution >= 0.6 is 11.8 Å². The Morgan fingerprint density at radius 1 is 1.53 bits per heavy atom. The van der Waals surface area contributed by atoms with E-state index < -0.39 is 5.82 Å². The molecule has 0 saturated heterocycles. The van der Waals surface area contributed by atoms with Crippen molar-refractivity contribution in [2.75, 3.05) is 18.1 Å². The van der Waals surface area contributed by atoms with Crippen LogP contribution in [0.3, 0.4) is 0 Å². The third kappa shape index (κ3) is 3.55. The summed E-state index contributed by atoms with van der Waals surface area (Å²) in [4.78, 5) is 10.6. The molecule has 1 rings (SSSR count). The van der Waals surface area contributed by atoms with Crippen LogP contribution in [0.1, 0.15) is 17.3 Å². The van der Waals surface area contributed by atoms with Crippen molar-refractivity contribution in [1.82, 2.24) is 0 Å². The van der Waals surface area contributed by atoms with E-state index in [2.05, 4.69) is 0 Å². The predicted octanol–water partition coefficient (Wildman–Crippen LogP) is 2.77. The summed E-state index contributed by atoms with van der Waals surface area (Å²) in [5.41, 5.74) is 0.261. The fourth-order valence-electron chi connectivity index (χ4n) is 1.12. The molecular formula is C11H13FO2S. The van der Waals surface area contributed by atoms with Gasteiger partial charge in [-0.3, -0.25) is 4.79 Å². The number of hydrogen-bond donors (Lipinski definition) is 0. The van der Waals surface area contributed by atoms with E-state index in [-0.39, 0.29) is 11.3 Å². The van der Waals surface area contributed by atoms with Gasteiger partial charge < -0.3 is 4.74 Å². The van der Waals surface area contributed by atoms with Crippen LogP contribution in [-0.2, 0) is 0 Å². The molecule has 1 aromatic carbocycles. The normalized spacial score (nSPS) is 10.0. The number of carbonyl (C=O) groups is 1. The number of halogens is 1. The maximum Gasteiger partial charge on any atom is 0.165 e. The van der Waals surface area contributed by atoms with Gasteiger partial charge in [0.15, 0.2) is 17.9 Å². The van der Waals surface area contributed by atoms with Gasteiger partial charge in [0.2, 0.25) is 0 Å². The van der Waals surface area contributed by atoms with Crippen LogP contribution in [0.4, 0.5) is 4.39 Å². The predicted molar refractivity (Wildman–Crippen MR) is 60.3 cm³/mol. The zero-order valence-corrected chi connectivity index (χ0v) is 9.35. The summed E-state index contributed by atoms with van der Waals surface area (Å²) in [6, 6.07) is 4.32. The van der Waals surface area contributed by atoms with E-state index >= 15 is 0 Å². The third-order valence-electron chi connectivity index (χ3n) is 1.80. The first-order chi connectivity index (χ1) is 7.29. The Morgan fingerprint density at radius 3 is 3.00 bits per heavy atom. The zero-order chi connectivity index (χ0) is 11.1. The molecule has 0 unspecified atom stereocenters. The lowest BCUT2D eigenvalue weighted by molar-refractivity contribution is 0.111. The molecule has 0 aromatic heterocycles. The summed E-state index contributed by atoms with van der Waals surface area (Å²) in [6.45, 7) is 2.46. The van der Waals surface area contributed by atoms with Crippen LogP contribution in [0.5, 0.6) is 5.75 Å². The molecule has 0 atom stereocenters. The van der Waals surface area contributed by atoms with Gasteiger partial charge in [0.1, 0.15) is 0 Å². The highest BCUT2D eigenvalue weighted by molar-refractivity contribution is 7.99. The Balaban J connectivity index is 2.62. The van der Waals surface area contributed by atoms with Gasteiger partial charge >= 0.3 is 0 Å². The second-order valence-electron chi connectivity index (χ2n) is 2.82. The lowest BCUT2D eigenvalue weighted by atomic mass is 10.2. The second-order valence-corrected chi connectivity index (χ2v) is 4.22. The zero-order valence-electron chi connectivity index (χ0n) is 8.53. The van der Waals surface area contributed by atoms with Crippen molar-refractivity contribution in [3.8, 4) is 5.75 Å². The van der Waals surface area contributed by atoms with Crippen molar-refractivity contribution in [3.05, 3.63) is 29.6 Å². The van der Waals surface area contributed by atoms with Crippen molar-refractivity contribution in [1.29, 1.82) is 0 Å². The molecule has 0 saturated carbocycles. The van der Waals surface area contributed by atoms with Crippen molar-refractivity contribution in [2.45, 2.75) is 6.92 Å². The SMILES string of the molecule is CCSCCOc1c(F)cccc1C=O. The van der Waals surface area contributed by atoms with Gasteiger partial charge in [-0.15, -0.1) is 0 Å². The molecule has 15 heavy (non-hydrogen) atoms. The molecule has 0 aliphatic heterocycles. The molecule has 0 heterocycles. The van der Waals surface area contributed by atoms with Gasteiger partial charge in [-0.25, -0.2) is 4.39 Å². The minimum absolute atomic E-state index is 0.0594. The number of aldehydes is 1. The van der Waals surface area contributed by atoms with E-state index in [9.17, 15) is 9.18 Å². The molecule has 0 radical (unpaired) electrons. The van der Waals surface area contributed by atoms with Crippen molar-refractivity contribution in [2.24, 2.45) is 0 Å². The highest BCUT2D eigenvalue weighted by atomic mass is 32.2. The lowest BCUT2D eigenvalue weighted by Gasteiger charge is -2.08. The van der Waals surface area contributed by atoms with E-state index in [1.54, 1.807) is 17.8 Å². The monoisotopic (exact) mass is 228 g/mol. The molecule has 0 fully saturated rings. The second kappa shape index (κ2) is 6.45. The minimum Gasteiger partial charge on any atom is -0.489 e.